The summed E-state index contributed by atoms with van der Waals surface area (Å²) >= 11 is 0. The molecule has 96 valence electrons. The van der Waals surface area contributed by atoms with Crippen LogP contribution in [0.3, 0.4) is 0 Å². The van der Waals surface area contributed by atoms with E-state index in [2.05, 4.69) is 10.1 Å². The van der Waals surface area contributed by atoms with Crippen molar-refractivity contribution in [2.45, 2.75) is 33.6 Å². The third kappa shape index (κ3) is 3.18. The van der Waals surface area contributed by atoms with E-state index in [-0.39, 0.29) is 5.97 Å². The molecule has 0 spiro atoms. The molecule has 1 heterocycles. The first kappa shape index (κ1) is 13.5. The second kappa shape index (κ2) is 6.22. The number of carbonyl (C=O) groups excluding carboxylic acids is 1. The zero-order valence-electron chi connectivity index (χ0n) is 10.8. The van der Waals surface area contributed by atoms with Gasteiger partial charge in [-0.05, 0) is 32.9 Å². The van der Waals surface area contributed by atoms with E-state index in [1.165, 1.54) is 0 Å². The predicted molar refractivity (Wildman–Crippen MR) is 62.9 cm³/mol. The quantitative estimate of drug-likeness (QED) is 0.704. The van der Waals surface area contributed by atoms with Crippen LogP contribution in [0.4, 0.5) is 5.95 Å². The van der Waals surface area contributed by atoms with Crippen LogP contribution in [0.1, 0.15) is 39.5 Å². The molecule has 0 radical (unpaired) electrons. The Morgan fingerprint density at radius 3 is 2.59 bits per heavy atom. The van der Waals surface area contributed by atoms with Gasteiger partial charge in [0, 0.05) is 13.1 Å². The topological polar surface area (TPSA) is 68.5 Å². The van der Waals surface area contributed by atoms with E-state index in [4.69, 9.17) is 9.26 Å². The molecule has 1 aromatic rings. The van der Waals surface area contributed by atoms with Crippen LogP contribution >= 0.6 is 0 Å². The number of esters is 1. The highest BCUT2D eigenvalue weighted by atomic mass is 16.5. The lowest BCUT2D eigenvalue weighted by Crippen LogP contribution is -2.23. The van der Waals surface area contributed by atoms with Gasteiger partial charge >= 0.3 is 5.97 Å². The molecule has 0 aromatic carbocycles. The van der Waals surface area contributed by atoms with Crippen LogP contribution in [0.2, 0.25) is 0 Å². The Morgan fingerprint density at radius 2 is 2.06 bits per heavy atom. The van der Waals surface area contributed by atoms with E-state index in [0.717, 1.165) is 13.1 Å². The van der Waals surface area contributed by atoms with E-state index < -0.39 is 5.92 Å². The second-order valence-electron chi connectivity index (χ2n) is 3.58. The maximum Gasteiger partial charge on any atom is 0.318 e. The number of carbonyl (C=O) groups is 1. The molecule has 0 aliphatic heterocycles. The summed E-state index contributed by atoms with van der Waals surface area (Å²) in [4.78, 5) is 17.7. The molecule has 0 bridgehead atoms. The summed E-state index contributed by atoms with van der Waals surface area (Å²) in [5.41, 5.74) is 0. The first-order chi connectivity index (χ1) is 8.13. The van der Waals surface area contributed by atoms with Crippen LogP contribution in [-0.4, -0.2) is 35.8 Å². The highest BCUT2D eigenvalue weighted by molar-refractivity contribution is 5.76. The van der Waals surface area contributed by atoms with E-state index in [1.807, 2.05) is 18.7 Å². The van der Waals surface area contributed by atoms with Gasteiger partial charge in [-0.15, -0.1) is 0 Å². The maximum absolute atomic E-state index is 11.5. The Bertz CT molecular complexity index is 361. The lowest BCUT2D eigenvalue weighted by Gasteiger charge is -2.14. The average Bonchev–Trinajstić information content (AvgIpc) is 2.79. The largest absolute Gasteiger partial charge is 0.465 e. The van der Waals surface area contributed by atoms with Gasteiger partial charge in [-0.3, -0.25) is 4.79 Å². The van der Waals surface area contributed by atoms with E-state index >= 15 is 0 Å². The number of aromatic nitrogens is 2. The van der Waals surface area contributed by atoms with Gasteiger partial charge in [0.25, 0.3) is 5.95 Å². The van der Waals surface area contributed by atoms with Gasteiger partial charge in [0.15, 0.2) is 0 Å². The molecule has 0 N–H and O–H groups in total. The molecule has 0 aliphatic rings. The number of rotatable bonds is 6. The van der Waals surface area contributed by atoms with Gasteiger partial charge in [-0.1, -0.05) is 0 Å². The third-order valence-electron chi connectivity index (χ3n) is 2.49. The minimum Gasteiger partial charge on any atom is -0.465 e. The number of nitrogens with zero attached hydrogens (tertiary/aromatic N) is 3. The van der Waals surface area contributed by atoms with Crippen LogP contribution in [0.25, 0.3) is 0 Å². The molecule has 1 rings (SSSR count). The summed E-state index contributed by atoms with van der Waals surface area (Å²) in [6, 6.07) is 0. The fourth-order valence-electron chi connectivity index (χ4n) is 1.41. The van der Waals surface area contributed by atoms with Crippen molar-refractivity contribution in [2.75, 3.05) is 24.6 Å². The minimum atomic E-state index is -0.522. The van der Waals surface area contributed by atoms with Gasteiger partial charge in [0.05, 0.1) is 6.61 Å². The molecule has 6 heteroatoms. The van der Waals surface area contributed by atoms with Gasteiger partial charge in [-0.2, -0.15) is 4.98 Å². The lowest BCUT2D eigenvalue weighted by molar-refractivity contribution is -0.145. The highest BCUT2D eigenvalue weighted by Crippen LogP contribution is 2.18. The first-order valence-electron chi connectivity index (χ1n) is 5.89. The monoisotopic (exact) mass is 241 g/mol. The van der Waals surface area contributed by atoms with Crippen LogP contribution in [0, 0.1) is 0 Å². The molecule has 1 atom stereocenters. The van der Waals surface area contributed by atoms with Crippen molar-refractivity contribution in [3.05, 3.63) is 5.89 Å². The Kier molecular flexibility index (Phi) is 4.93. The van der Waals surface area contributed by atoms with Crippen LogP contribution in [0.15, 0.2) is 4.52 Å². The summed E-state index contributed by atoms with van der Waals surface area (Å²) in [5, 5.41) is 3.85. The Balaban J connectivity index is 2.76. The fraction of sp³-hybridized carbons (Fsp3) is 0.727. The van der Waals surface area contributed by atoms with Crippen molar-refractivity contribution in [1.29, 1.82) is 0 Å². The molecule has 1 unspecified atom stereocenters. The molecular weight excluding hydrogens is 222 g/mol. The summed E-state index contributed by atoms with van der Waals surface area (Å²) in [6.07, 6.45) is 0. The molecule has 0 saturated heterocycles. The minimum absolute atomic E-state index is 0.297. The average molecular weight is 241 g/mol. The number of anilines is 1. The molecule has 0 saturated carbocycles. The van der Waals surface area contributed by atoms with Crippen molar-refractivity contribution >= 4 is 11.9 Å². The van der Waals surface area contributed by atoms with Crippen molar-refractivity contribution < 1.29 is 14.1 Å². The standard InChI is InChI=1S/C11H19N3O3/c1-5-14(6-2)11-12-9(17-13-11)8(4)10(15)16-7-3/h8H,5-7H2,1-4H3. The third-order valence-corrected chi connectivity index (χ3v) is 2.49. The zero-order chi connectivity index (χ0) is 12.8. The zero-order valence-corrected chi connectivity index (χ0v) is 10.8. The molecule has 0 aliphatic carbocycles. The Labute approximate surface area is 101 Å². The number of hydrogen-bond donors (Lipinski definition) is 0. The van der Waals surface area contributed by atoms with Gasteiger partial charge in [-0.25, -0.2) is 0 Å². The van der Waals surface area contributed by atoms with Gasteiger partial charge in [0.2, 0.25) is 5.89 Å². The van der Waals surface area contributed by atoms with Gasteiger partial charge in [0.1, 0.15) is 5.92 Å². The summed E-state index contributed by atoms with van der Waals surface area (Å²) in [5.74, 6) is -0.0551. The SMILES string of the molecule is CCOC(=O)C(C)c1nc(N(CC)CC)no1. The normalized spacial score (nSPS) is 12.2. The molecule has 0 fully saturated rings. The Morgan fingerprint density at radius 1 is 1.41 bits per heavy atom. The second-order valence-corrected chi connectivity index (χ2v) is 3.58. The predicted octanol–water partition coefficient (Wildman–Crippen LogP) is 1.58. The molecule has 0 amide bonds. The molecular formula is C11H19N3O3. The number of ether oxygens (including phenoxy) is 1. The van der Waals surface area contributed by atoms with Gasteiger partial charge < -0.3 is 14.2 Å². The summed E-state index contributed by atoms with van der Waals surface area (Å²) in [7, 11) is 0. The van der Waals surface area contributed by atoms with Crippen LogP contribution in [0.5, 0.6) is 0 Å². The van der Waals surface area contributed by atoms with E-state index in [1.54, 1.807) is 13.8 Å². The summed E-state index contributed by atoms with van der Waals surface area (Å²) < 4.78 is 9.98. The maximum atomic E-state index is 11.5. The van der Waals surface area contributed by atoms with Crippen LogP contribution in [-0.2, 0) is 9.53 Å². The van der Waals surface area contributed by atoms with E-state index in [0.29, 0.717) is 18.4 Å². The van der Waals surface area contributed by atoms with E-state index in [9.17, 15) is 4.79 Å². The lowest BCUT2D eigenvalue weighted by atomic mass is 10.2. The number of hydrogen-bond acceptors (Lipinski definition) is 6. The van der Waals surface area contributed by atoms with Crippen LogP contribution < -0.4 is 4.90 Å². The highest BCUT2D eigenvalue weighted by Gasteiger charge is 2.24. The molecule has 6 nitrogen and oxygen atoms in total. The molecule has 1 aromatic heterocycles. The van der Waals surface area contributed by atoms with Crippen molar-refractivity contribution in [2.24, 2.45) is 0 Å². The van der Waals surface area contributed by atoms with Crippen molar-refractivity contribution in [3.8, 4) is 0 Å². The van der Waals surface area contributed by atoms with Crippen molar-refractivity contribution in [1.82, 2.24) is 10.1 Å². The fourth-order valence-corrected chi connectivity index (χ4v) is 1.41. The summed E-state index contributed by atoms with van der Waals surface area (Å²) in [6.45, 7) is 9.41. The first-order valence-corrected chi connectivity index (χ1v) is 5.89. The smallest absolute Gasteiger partial charge is 0.318 e. The Hall–Kier alpha value is -1.59. The molecule has 17 heavy (non-hydrogen) atoms. The van der Waals surface area contributed by atoms with Crippen molar-refractivity contribution in [3.63, 3.8) is 0 Å².